The number of ether oxygens (including phenoxy) is 1. The normalized spacial score (nSPS) is 11.3. The van der Waals surface area contributed by atoms with E-state index in [4.69, 9.17) is 4.74 Å². The molecule has 0 bridgehead atoms. The highest BCUT2D eigenvalue weighted by molar-refractivity contribution is 5.73. The lowest BCUT2D eigenvalue weighted by Crippen LogP contribution is -2.37. The zero-order valence-corrected chi connectivity index (χ0v) is 12.8. The molecule has 0 saturated heterocycles. The van der Waals surface area contributed by atoms with Gasteiger partial charge in [0.1, 0.15) is 12.9 Å². The molecule has 0 aliphatic rings. The van der Waals surface area contributed by atoms with E-state index in [0.29, 0.717) is 11.8 Å². The SMILES string of the molecule is O=C[C@H](Cc1ccc([N+](=O)[O-])cc1)NC(=O)OCc1ccccc1. The summed E-state index contributed by atoms with van der Waals surface area (Å²) in [4.78, 5) is 33.0. The first-order chi connectivity index (χ1) is 11.6. The van der Waals surface area contributed by atoms with Crippen LogP contribution in [0.3, 0.4) is 0 Å². The second-order valence-electron chi connectivity index (χ2n) is 5.08. The first-order valence-electron chi connectivity index (χ1n) is 7.24. The van der Waals surface area contributed by atoms with Crippen molar-refractivity contribution in [2.75, 3.05) is 0 Å². The Morgan fingerprint density at radius 2 is 1.79 bits per heavy atom. The van der Waals surface area contributed by atoms with E-state index in [1.165, 1.54) is 12.1 Å². The molecule has 0 fully saturated rings. The van der Waals surface area contributed by atoms with Crippen LogP contribution in [0.15, 0.2) is 54.6 Å². The number of aldehydes is 1. The van der Waals surface area contributed by atoms with Crippen molar-refractivity contribution in [2.24, 2.45) is 0 Å². The number of nitro benzene ring substituents is 1. The quantitative estimate of drug-likeness (QED) is 0.478. The molecule has 7 nitrogen and oxygen atoms in total. The minimum absolute atomic E-state index is 0.0309. The van der Waals surface area contributed by atoms with Crippen molar-refractivity contribution in [3.63, 3.8) is 0 Å². The second kappa shape index (κ2) is 8.42. The van der Waals surface area contributed by atoms with Gasteiger partial charge in [0.25, 0.3) is 5.69 Å². The Morgan fingerprint density at radius 3 is 2.38 bits per heavy atom. The first-order valence-corrected chi connectivity index (χ1v) is 7.24. The van der Waals surface area contributed by atoms with Crippen LogP contribution in [0.25, 0.3) is 0 Å². The van der Waals surface area contributed by atoms with Crippen molar-refractivity contribution < 1.29 is 19.2 Å². The van der Waals surface area contributed by atoms with E-state index < -0.39 is 17.1 Å². The number of hydrogen-bond acceptors (Lipinski definition) is 5. The number of rotatable bonds is 7. The Labute approximate surface area is 138 Å². The van der Waals surface area contributed by atoms with Gasteiger partial charge in [-0.1, -0.05) is 42.5 Å². The number of hydrogen-bond donors (Lipinski definition) is 1. The van der Waals surface area contributed by atoms with E-state index in [1.54, 1.807) is 12.1 Å². The van der Waals surface area contributed by atoms with Crippen molar-refractivity contribution in [1.29, 1.82) is 0 Å². The van der Waals surface area contributed by atoms with E-state index >= 15 is 0 Å². The number of carbonyl (C=O) groups is 2. The van der Waals surface area contributed by atoms with Crippen molar-refractivity contribution in [2.45, 2.75) is 19.1 Å². The highest BCUT2D eigenvalue weighted by Gasteiger charge is 2.14. The van der Waals surface area contributed by atoms with Gasteiger partial charge in [-0.15, -0.1) is 0 Å². The zero-order chi connectivity index (χ0) is 17.4. The van der Waals surface area contributed by atoms with Crippen LogP contribution in [0.5, 0.6) is 0 Å². The first kappa shape index (κ1) is 17.1. The summed E-state index contributed by atoms with van der Waals surface area (Å²) >= 11 is 0. The molecule has 0 aliphatic heterocycles. The number of carbonyl (C=O) groups excluding carboxylic acids is 2. The predicted octanol–water partition coefficient (Wildman–Crippen LogP) is 2.63. The number of nitro groups is 1. The molecule has 0 saturated carbocycles. The molecular weight excluding hydrogens is 312 g/mol. The van der Waals surface area contributed by atoms with Crippen LogP contribution in [-0.4, -0.2) is 23.3 Å². The van der Waals surface area contributed by atoms with Crippen LogP contribution in [0, 0.1) is 10.1 Å². The monoisotopic (exact) mass is 328 g/mol. The molecule has 2 rings (SSSR count). The molecule has 0 radical (unpaired) electrons. The second-order valence-corrected chi connectivity index (χ2v) is 5.08. The van der Waals surface area contributed by atoms with E-state index in [0.717, 1.165) is 5.56 Å². The van der Waals surface area contributed by atoms with Gasteiger partial charge >= 0.3 is 6.09 Å². The van der Waals surface area contributed by atoms with E-state index in [9.17, 15) is 19.7 Å². The Morgan fingerprint density at radius 1 is 1.12 bits per heavy atom. The van der Waals surface area contributed by atoms with Gasteiger partial charge in [-0.3, -0.25) is 10.1 Å². The molecule has 0 aliphatic carbocycles. The van der Waals surface area contributed by atoms with Crippen LogP contribution in [0.2, 0.25) is 0 Å². The number of nitrogens with zero attached hydrogens (tertiary/aromatic N) is 1. The summed E-state index contributed by atoms with van der Waals surface area (Å²) in [5.74, 6) is 0. The average Bonchev–Trinajstić information content (AvgIpc) is 2.60. The Balaban J connectivity index is 1.85. The maximum Gasteiger partial charge on any atom is 0.408 e. The fourth-order valence-corrected chi connectivity index (χ4v) is 2.06. The number of non-ortho nitro benzene ring substituents is 1. The van der Waals surface area contributed by atoms with Crippen LogP contribution in [-0.2, 0) is 22.6 Å². The van der Waals surface area contributed by atoms with Gasteiger partial charge in [0.15, 0.2) is 0 Å². The third kappa shape index (κ3) is 5.20. The van der Waals surface area contributed by atoms with Crippen molar-refractivity contribution in [1.82, 2.24) is 5.32 Å². The summed E-state index contributed by atoms with van der Waals surface area (Å²) in [6, 6.07) is 14.2. The summed E-state index contributed by atoms with van der Waals surface area (Å²) < 4.78 is 5.05. The molecule has 1 amide bonds. The molecular formula is C17H16N2O5. The minimum Gasteiger partial charge on any atom is -0.445 e. The smallest absolute Gasteiger partial charge is 0.408 e. The lowest BCUT2D eigenvalue weighted by atomic mass is 10.1. The molecule has 2 aromatic rings. The molecule has 1 N–H and O–H groups in total. The maximum atomic E-state index is 11.7. The summed E-state index contributed by atoms with van der Waals surface area (Å²) in [6.07, 6.45) is 0.130. The summed E-state index contributed by atoms with van der Waals surface area (Å²) in [7, 11) is 0. The summed E-state index contributed by atoms with van der Waals surface area (Å²) in [5.41, 5.74) is 1.50. The lowest BCUT2D eigenvalue weighted by molar-refractivity contribution is -0.384. The lowest BCUT2D eigenvalue weighted by Gasteiger charge is -2.13. The number of benzene rings is 2. The summed E-state index contributed by atoms with van der Waals surface area (Å²) in [5, 5.41) is 13.1. The van der Waals surface area contributed by atoms with Crippen LogP contribution < -0.4 is 5.32 Å². The van der Waals surface area contributed by atoms with E-state index in [-0.39, 0.29) is 18.7 Å². The van der Waals surface area contributed by atoms with E-state index in [2.05, 4.69) is 5.32 Å². The highest BCUT2D eigenvalue weighted by Crippen LogP contribution is 2.13. The molecule has 0 aromatic heterocycles. The fraction of sp³-hybridized carbons (Fsp3) is 0.176. The Hall–Kier alpha value is -3.22. The number of amides is 1. The Kier molecular flexibility index (Phi) is 6.01. The third-order valence-corrected chi connectivity index (χ3v) is 3.28. The van der Waals surface area contributed by atoms with Gasteiger partial charge in [0.05, 0.1) is 11.0 Å². The molecule has 1 atom stereocenters. The van der Waals surface area contributed by atoms with Crippen LogP contribution in [0.1, 0.15) is 11.1 Å². The van der Waals surface area contributed by atoms with Gasteiger partial charge in [0, 0.05) is 12.1 Å². The van der Waals surface area contributed by atoms with Crippen LogP contribution >= 0.6 is 0 Å². The molecule has 7 heteroatoms. The largest absolute Gasteiger partial charge is 0.445 e. The summed E-state index contributed by atoms with van der Waals surface area (Å²) in [6.45, 7) is 0.107. The molecule has 0 heterocycles. The highest BCUT2D eigenvalue weighted by atomic mass is 16.6. The number of alkyl carbamates (subject to hydrolysis) is 1. The van der Waals surface area contributed by atoms with Crippen molar-refractivity contribution >= 4 is 18.1 Å². The topological polar surface area (TPSA) is 98.5 Å². The number of nitrogens with one attached hydrogen (secondary N) is 1. The standard InChI is InChI=1S/C17H16N2O5/c20-11-15(10-13-6-8-16(9-7-13)19(22)23)18-17(21)24-12-14-4-2-1-3-5-14/h1-9,11,15H,10,12H2,(H,18,21)/t15-/m0/s1. The third-order valence-electron chi connectivity index (χ3n) is 3.28. The molecule has 0 unspecified atom stereocenters. The Bertz CT molecular complexity index is 701. The fourth-order valence-electron chi connectivity index (χ4n) is 2.06. The van der Waals surface area contributed by atoms with Gasteiger partial charge < -0.3 is 14.8 Å². The van der Waals surface area contributed by atoms with Crippen molar-refractivity contribution in [3.8, 4) is 0 Å². The van der Waals surface area contributed by atoms with Gasteiger partial charge in [-0.05, 0) is 17.5 Å². The van der Waals surface area contributed by atoms with Crippen molar-refractivity contribution in [3.05, 3.63) is 75.8 Å². The predicted molar refractivity (Wildman–Crippen MR) is 86.4 cm³/mol. The average molecular weight is 328 g/mol. The van der Waals surface area contributed by atoms with Gasteiger partial charge in [0.2, 0.25) is 0 Å². The molecule has 0 spiro atoms. The van der Waals surface area contributed by atoms with Gasteiger partial charge in [-0.25, -0.2) is 4.79 Å². The maximum absolute atomic E-state index is 11.7. The van der Waals surface area contributed by atoms with Crippen LogP contribution in [0.4, 0.5) is 10.5 Å². The van der Waals surface area contributed by atoms with E-state index in [1.807, 2.05) is 30.3 Å². The minimum atomic E-state index is -0.769. The molecule has 24 heavy (non-hydrogen) atoms. The zero-order valence-electron chi connectivity index (χ0n) is 12.8. The molecule has 124 valence electrons. The molecule has 2 aromatic carbocycles. The van der Waals surface area contributed by atoms with Gasteiger partial charge in [-0.2, -0.15) is 0 Å².